The van der Waals surface area contributed by atoms with Crippen molar-refractivity contribution >= 4 is 11.6 Å². The van der Waals surface area contributed by atoms with Crippen LogP contribution in [0.3, 0.4) is 0 Å². The molecule has 1 aliphatic heterocycles. The molecule has 1 aliphatic rings. The number of anilines is 1. The molecule has 0 atom stereocenters. The van der Waals surface area contributed by atoms with Gasteiger partial charge in [-0.25, -0.2) is 0 Å². The summed E-state index contributed by atoms with van der Waals surface area (Å²) in [4.78, 5) is 15.0. The summed E-state index contributed by atoms with van der Waals surface area (Å²) in [5.41, 5.74) is 7.26. The molecular weight excluding hydrogens is 348 g/mol. The third kappa shape index (κ3) is 3.44. The van der Waals surface area contributed by atoms with Gasteiger partial charge in [0.2, 0.25) is 0 Å². The number of fused-ring (bicyclic) bond motifs is 1. The number of amides is 1. The summed E-state index contributed by atoms with van der Waals surface area (Å²) >= 11 is 0. The third-order valence-corrected chi connectivity index (χ3v) is 5.28. The maximum absolute atomic E-state index is 13.1. The lowest BCUT2D eigenvalue weighted by atomic mass is 9.99. The molecule has 0 aromatic heterocycles. The lowest BCUT2D eigenvalue weighted by molar-refractivity contribution is 0.0996. The average molecular weight is 372 g/mol. The van der Waals surface area contributed by atoms with Crippen LogP contribution in [0.4, 0.5) is 5.69 Å². The Bertz CT molecular complexity index is 999. The van der Waals surface area contributed by atoms with Gasteiger partial charge in [0.05, 0.1) is 13.2 Å². The van der Waals surface area contributed by atoms with Crippen molar-refractivity contribution in [3.63, 3.8) is 0 Å². The molecule has 0 radical (unpaired) electrons. The second kappa shape index (κ2) is 7.97. The fourth-order valence-electron chi connectivity index (χ4n) is 3.81. The van der Waals surface area contributed by atoms with E-state index in [0.717, 1.165) is 39.1 Å². The molecule has 4 nitrogen and oxygen atoms in total. The largest absolute Gasteiger partial charge is 0.395 e. The standard InChI is InChI=1S/C24H24N2O2/c1-17-21(19-6-3-2-4-7-19)8-5-9-23(17)26-16-20-11-10-18(15-25-12-13-27)14-22(20)24(26)28/h2-11,14,25,27H,12-13,15-16H2,1H3. The molecule has 3 aromatic carbocycles. The smallest absolute Gasteiger partial charge is 0.258 e. The lowest BCUT2D eigenvalue weighted by Crippen LogP contribution is -2.24. The quantitative estimate of drug-likeness (QED) is 0.645. The number of nitrogens with zero attached hydrogens (tertiary/aromatic N) is 1. The summed E-state index contributed by atoms with van der Waals surface area (Å²) in [7, 11) is 0. The van der Waals surface area contributed by atoms with E-state index in [9.17, 15) is 4.79 Å². The molecule has 0 fully saturated rings. The molecule has 28 heavy (non-hydrogen) atoms. The van der Waals surface area contributed by atoms with Crippen molar-refractivity contribution in [1.82, 2.24) is 5.32 Å². The minimum absolute atomic E-state index is 0.0484. The second-order valence-corrected chi connectivity index (χ2v) is 7.10. The summed E-state index contributed by atoms with van der Waals surface area (Å²) in [6.45, 7) is 3.97. The van der Waals surface area contributed by atoms with Crippen LogP contribution in [0, 0.1) is 6.92 Å². The van der Waals surface area contributed by atoms with Crippen LogP contribution in [-0.4, -0.2) is 24.2 Å². The summed E-state index contributed by atoms with van der Waals surface area (Å²) in [6.07, 6.45) is 0. The van der Waals surface area contributed by atoms with Gasteiger partial charge in [0.25, 0.3) is 5.91 Å². The molecule has 4 heteroatoms. The number of carbonyl (C=O) groups is 1. The van der Waals surface area contributed by atoms with Crippen LogP contribution in [0.25, 0.3) is 11.1 Å². The zero-order chi connectivity index (χ0) is 19.5. The van der Waals surface area contributed by atoms with Crippen LogP contribution < -0.4 is 10.2 Å². The Morgan fingerprint density at radius 3 is 2.61 bits per heavy atom. The molecule has 0 spiro atoms. The van der Waals surface area contributed by atoms with Crippen LogP contribution in [-0.2, 0) is 13.1 Å². The van der Waals surface area contributed by atoms with Gasteiger partial charge in [-0.3, -0.25) is 4.79 Å². The topological polar surface area (TPSA) is 52.6 Å². The highest BCUT2D eigenvalue weighted by Gasteiger charge is 2.29. The van der Waals surface area contributed by atoms with Crippen molar-refractivity contribution in [2.75, 3.05) is 18.1 Å². The van der Waals surface area contributed by atoms with E-state index in [4.69, 9.17) is 5.11 Å². The number of benzene rings is 3. The summed E-state index contributed by atoms with van der Waals surface area (Å²) in [6, 6.07) is 22.5. The van der Waals surface area contributed by atoms with E-state index < -0.39 is 0 Å². The first kappa shape index (κ1) is 18.4. The van der Waals surface area contributed by atoms with Crippen LogP contribution in [0.2, 0.25) is 0 Å². The van der Waals surface area contributed by atoms with E-state index in [1.54, 1.807) is 0 Å². The fourth-order valence-corrected chi connectivity index (χ4v) is 3.81. The van der Waals surface area contributed by atoms with E-state index in [-0.39, 0.29) is 12.5 Å². The number of aliphatic hydroxyl groups is 1. The molecule has 0 bridgehead atoms. The van der Waals surface area contributed by atoms with E-state index in [1.165, 1.54) is 0 Å². The van der Waals surface area contributed by atoms with Crippen molar-refractivity contribution in [3.05, 3.63) is 89.0 Å². The zero-order valence-electron chi connectivity index (χ0n) is 16.0. The van der Waals surface area contributed by atoms with Crippen LogP contribution in [0.5, 0.6) is 0 Å². The Labute approximate surface area is 165 Å². The normalized spacial score (nSPS) is 13.1. The predicted molar refractivity (Wildman–Crippen MR) is 112 cm³/mol. The van der Waals surface area contributed by atoms with Gasteiger partial charge in [-0.2, -0.15) is 0 Å². The number of nitrogens with one attached hydrogen (secondary N) is 1. The number of rotatable bonds is 6. The molecule has 0 aliphatic carbocycles. The number of aliphatic hydroxyl groups excluding tert-OH is 1. The van der Waals surface area contributed by atoms with Gasteiger partial charge in [0.15, 0.2) is 0 Å². The Morgan fingerprint density at radius 1 is 1.00 bits per heavy atom. The van der Waals surface area contributed by atoms with Crippen molar-refractivity contribution in [1.29, 1.82) is 0 Å². The molecule has 0 saturated heterocycles. The number of hydrogen-bond donors (Lipinski definition) is 2. The predicted octanol–water partition coefficient (Wildman–Crippen LogP) is 3.90. The Hall–Kier alpha value is -2.95. The molecule has 3 aromatic rings. The summed E-state index contributed by atoms with van der Waals surface area (Å²) < 4.78 is 0. The lowest BCUT2D eigenvalue weighted by Gasteiger charge is -2.20. The molecule has 0 unspecified atom stereocenters. The van der Waals surface area contributed by atoms with Gasteiger partial charge in [0, 0.05) is 24.3 Å². The monoisotopic (exact) mass is 372 g/mol. The number of hydrogen-bond acceptors (Lipinski definition) is 3. The summed E-state index contributed by atoms with van der Waals surface area (Å²) in [5, 5.41) is 12.1. The SMILES string of the molecule is Cc1c(-c2ccccc2)cccc1N1Cc2ccc(CNCCO)cc2C1=O. The van der Waals surface area contributed by atoms with Crippen LogP contribution >= 0.6 is 0 Å². The van der Waals surface area contributed by atoms with Crippen molar-refractivity contribution < 1.29 is 9.90 Å². The Kier molecular flexibility index (Phi) is 5.24. The fraction of sp³-hybridized carbons (Fsp3) is 0.208. The van der Waals surface area contributed by atoms with E-state index >= 15 is 0 Å². The van der Waals surface area contributed by atoms with Gasteiger partial charge in [-0.1, -0.05) is 54.6 Å². The van der Waals surface area contributed by atoms with Crippen molar-refractivity contribution in [2.45, 2.75) is 20.0 Å². The van der Waals surface area contributed by atoms with Crippen LogP contribution in [0.1, 0.15) is 27.0 Å². The minimum Gasteiger partial charge on any atom is -0.395 e. The molecular formula is C24H24N2O2. The van der Waals surface area contributed by atoms with Crippen molar-refractivity contribution in [2.24, 2.45) is 0 Å². The first-order valence-electron chi connectivity index (χ1n) is 9.59. The average Bonchev–Trinajstić information content (AvgIpc) is 3.05. The van der Waals surface area contributed by atoms with Crippen LogP contribution in [0.15, 0.2) is 66.7 Å². The third-order valence-electron chi connectivity index (χ3n) is 5.28. The Balaban J connectivity index is 1.63. The first-order chi connectivity index (χ1) is 13.7. The zero-order valence-corrected chi connectivity index (χ0v) is 16.0. The van der Waals surface area contributed by atoms with Crippen molar-refractivity contribution in [3.8, 4) is 11.1 Å². The molecule has 2 N–H and O–H groups in total. The summed E-state index contributed by atoms with van der Waals surface area (Å²) in [5.74, 6) is 0.0484. The first-order valence-corrected chi connectivity index (χ1v) is 9.59. The van der Waals surface area contributed by atoms with Gasteiger partial charge >= 0.3 is 0 Å². The Morgan fingerprint density at radius 2 is 1.82 bits per heavy atom. The highest BCUT2D eigenvalue weighted by atomic mass is 16.3. The van der Waals surface area contributed by atoms with Gasteiger partial charge < -0.3 is 15.3 Å². The highest BCUT2D eigenvalue weighted by Crippen LogP contribution is 2.35. The van der Waals surface area contributed by atoms with Gasteiger partial charge in [-0.05, 0) is 46.9 Å². The molecule has 1 amide bonds. The maximum Gasteiger partial charge on any atom is 0.258 e. The van der Waals surface area contributed by atoms with E-state index in [2.05, 4.69) is 30.4 Å². The minimum atomic E-state index is 0.0484. The molecule has 0 saturated carbocycles. The molecule has 4 rings (SSSR count). The molecule has 1 heterocycles. The van der Waals surface area contributed by atoms with E-state index in [1.807, 2.05) is 53.4 Å². The molecule has 142 valence electrons. The van der Waals surface area contributed by atoms with Gasteiger partial charge in [0.1, 0.15) is 0 Å². The maximum atomic E-state index is 13.1. The number of carbonyl (C=O) groups excluding carboxylic acids is 1. The van der Waals surface area contributed by atoms with Gasteiger partial charge in [-0.15, -0.1) is 0 Å². The van der Waals surface area contributed by atoms with E-state index in [0.29, 0.717) is 19.6 Å². The highest BCUT2D eigenvalue weighted by molar-refractivity contribution is 6.10. The second-order valence-electron chi connectivity index (χ2n) is 7.10.